The fourth-order valence-corrected chi connectivity index (χ4v) is 2.38. The first kappa shape index (κ1) is 15.6. The Bertz CT molecular complexity index is 582. The van der Waals surface area contributed by atoms with Crippen LogP contribution < -0.4 is 16.2 Å². The molecule has 0 saturated carbocycles. The van der Waals surface area contributed by atoms with Gasteiger partial charge in [-0.05, 0) is 30.5 Å². The van der Waals surface area contributed by atoms with Crippen LogP contribution in [0.2, 0.25) is 0 Å². The van der Waals surface area contributed by atoms with E-state index in [-0.39, 0.29) is 16.7 Å². The Labute approximate surface area is 113 Å². The Morgan fingerprint density at radius 2 is 1.89 bits per heavy atom. The summed E-state index contributed by atoms with van der Waals surface area (Å²) < 4.78 is 22.7. The van der Waals surface area contributed by atoms with Gasteiger partial charge in [0.25, 0.3) is 0 Å². The van der Waals surface area contributed by atoms with Crippen molar-refractivity contribution >= 4 is 21.6 Å². The van der Waals surface area contributed by atoms with Gasteiger partial charge in [0.15, 0.2) is 0 Å². The molecule has 19 heavy (non-hydrogen) atoms. The van der Waals surface area contributed by atoms with Gasteiger partial charge in [0.1, 0.15) is 0 Å². The number of rotatable bonds is 4. The highest BCUT2D eigenvalue weighted by Crippen LogP contribution is 2.22. The molecule has 1 amide bonds. The summed E-state index contributed by atoms with van der Waals surface area (Å²) in [5.74, 6) is -0.369. The van der Waals surface area contributed by atoms with E-state index in [1.165, 1.54) is 12.1 Å². The topological polar surface area (TPSA) is 115 Å². The summed E-state index contributed by atoms with van der Waals surface area (Å²) in [5.41, 5.74) is 6.52. The minimum absolute atomic E-state index is 0.0107. The summed E-state index contributed by atoms with van der Waals surface area (Å²) in [7, 11) is -3.81. The fourth-order valence-electron chi connectivity index (χ4n) is 1.58. The molecule has 0 saturated heterocycles. The van der Waals surface area contributed by atoms with E-state index >= 15 is 0 Å². The van der Waals surface area contributed by atoms with Gasteiger partial charge in [-0.2, -0.15) is 0 Å². The van der Waals surface area contributed by atoms with Crippen molar-refractivity contribution in [2.75, 3.05) is 5.32 Å². The number of hydrogen-bond acceptors (Lipinski definition) is 4. The molecule has 0 fully saturated rings. The maximum atomic E-state index is 11.9. The van der Waals surface area contributed by atoms with Gasteiger partial charge in [0.2, 0.25) is 15.9 Å². The van der Waals surface area contributed by atoms with E-state index in [2.05, 4.69) is 5.32 Å². The van der Waals surface area contributed by atoms with Crippen molar-refractivity contribution in [3.63, 3.8) is 0 Å². The third kappa shape index (κ3) is 3.76. The predicted molar refractivity (Wildman–Crippen MR) is 74.0 cm³/mol. The molecule has 0 bridgehead atoms. The number of hydrogen-bond donors (Lipinski definition) is 3. The monoisotopic (exact) mass is 285 g/mol. The minimum Gasteiger partial charge on any atom is -0.324 e. The van der Waals surface area contributed by atoms with Crippen molar-refractivity contribution in [1.29, 1.82) is 0 Å². The predicted octanol–water partition coefficient (Wildman–Crippen LogP) is 0.564. The number of sulfonamides is 1. The highest BCUT2D eigenvalue weighted by molar-refractivity contribution is 7.89. The van der Waals surface area contributed by atoms with Gasteiger partial charge in [0.05, 0.1) is 10.9 Å². The van der Waals surface area contributed by atoms with Crippen LogP contribution in [0.1, 0.15) is 19.4 Å². The van der Waals surface area contributed by atoms with Crippen molar-refractivity contribution in [3.05, 3.63) is 23.8 Å². The third-order valence-corrected chi connectivity index (χ3v) is 3.92. The summed E-state index contributed by atoms with van der Waals surface area (Å²) >= 11 is 0. The molecule has 0 unspecified atom stereocenters. The number of nitrogens with two attached hydrogens (primary N) is 2. The van der Waals surface area contributed by atoms with Crippen LogP contribution in [-0.4, -0.2) is 20.4 Å². The van der Waals surface area contributed by atoms with Crippen molar-refractivity contribution in [2.45, 2.75) is 31.7 Å². The largest absolute Gasteiger partial charge is 0.324 e. The number of nitrogens with one attached hydrogen (secondary N) is 1. The van der Waals surface area contributed by atoms with Crippen molar-refractivity contribution < 1.29 is 13.2 Å². The van der Waals surface area contributed by atoms with Gasteiger partial charge < -0.3 is 11.1 Å². The maximum absolute atomic E-state index is 11.9. The average molecular weight is 285 g/mol. The number of benzene rings is 1. The summed E-state index contributed by atoms with van der Waals surface area (Å²) in [6.07, 6.45) is 0. The second-order valence-electron chi connectivity index (χ2n) is 4.73. The second-order valence-corrected chi connectivity index (χ2v) is 6.26. The zero-order valence-corrected chi connectivity index (χ0v) is 12.0. The molecule has 106 valence electrons. The molecule has 0 aliphatic heterocycles. The summed E-state index contributed by atoms with van der Waals surface area (Å²) in [6.45, 7) is 5.24. The highest BCUT2D eigenvalue weighted by Gasteiger charge is 2.19. The number of amides is 1. The molecule has 0 aliphatic carbocycles. The van der Waals surface area contributed by atoms with E-state index in [1.54, 1.807) is 13.0 Å². The van der Waals surface area contributed by atoms with Gasteiger partial charge >= 0.3 is 0 Å². The van der Waals surface area contributed by atoms with Crippen LogP contribution >= 0.6 is 0 Å². The van der Waals surface area contributed by atoms with Gasteiger partial charge in [0, 0.05) is 5.69 Å². The average Bonchev–Trinajstić information content (AvgIpc) is 2.29. The Morgan fingerprint density at radius 1 is 1.32 bits per heavy atom. The van der Waals surface area contributed by atoms with Crippen LogP contribution in [0.5, 0.6) is 0 Å². The highest BCUT2D eigenvalue weighted by atomic mass is 32.2. The molecule has 0 aliphatic rings. The molecule has 5 N–H and O–H groups in total. The number of carbonyl (C=O) groups excluding carboxylic acids is 1. The van der Waals surface area contributed by atoms with Crippen LogP contribution in [0.25, 0.3) is 0 Å². The molecule has 0 aromatic heterocycles. The van der Waals surface area contributed by atoms with Crippen LogP contribution in [0.4, 0.5) is 5.69 Å². The number of anilines is 1. The summed E-state index contributed by atoms with van der Waals surface area (Å²) in [6, 6.07) is 3.86. The van der Waals surface area contributed by atoms with Gasteiger partial charge in [-0.3, -0.25) is 4.79 Å². The molecular formula is C12H19N3O3S. The molecule has 0 radical (unpaired) electrons. The molecule has 1 atom stereocenters. The smallest absolute Gasteiger partial charge is 0.241 e. The lowest BCUT2D eigenvalue weighted by molar-refractivity contribution is -0.118. The summed E-state index contributed by atoms with van der Waals surface area (Å²) in [5, 5.41) is 7.72. The Balaban J connectivity index is 3.08. The normalized spacial score (nSPS) is 13.4. The molecule has 6 nitrogen and oxygen atoms in total. The zero-order chi connectivity index (χ0) is 14.8. The molecule has 1 aromatic carbocycles. The van der Waals surface area contributed by atoms with E-state index in [1.807, 2.05) is 13.8 Å². The Hall–Kier alpha value is -1.44. The molecule has 7 heteroatoms. The van der Waals surface area contributed by atoms with Gasteiger partial charge in [-0.1, -0.05) is 19.9 Å². The van der Waals surface area contributed by atoms with E-state index in [0.717, 1.165) is 0 Å². The van der Waals surface area contributed by atoms with Crippen LogP contribution in [0.3, 0.4) is 0 Å². The first-order valence-corrected chi connectivity index (χ1v) is 7.38. The first-order valence-electron chi connectivity index (χ1n) is 5.83. The van der Waals surface area contributed by atoms with Crippen molar-refractivity contribution in [1.82, 2.24) is 0 Å². The molecule has 1 aromatic rings. The van der Waals surface area contributed by atoms with Crippen molar-refractivity contribution in [2.24, 2.45) is 16.8 Å². The fraction of sp³-hybridized carbons (Fsp3) is 0.417. The number of primary sulfonamides is 1. The molecule has 0 spiro atoms. The van der Waals surface area contributed by atoms with E-state index in [4.69, 9.17) is 10.9 Å². The SMILES string of the molecule is Cc1c(NC(=O)[C@H](N)C(C)C)cccc1S(N)(=O)=O. The van der Waals surface area contributed by atoms with E-state index < -0.39 is 16.1 Å². The van der Waals surface area contributed by atoms with Crippen LogP contribution in [0.15, 0.2) is 23.1 Å². The third-order valence-electron chi connectivity index (χ3n) is 2.87. The minimum atomic E-state index is -3.81. The standard InChI is InChI=1S/C12H19N3O3S/c1-7(2)11(13)12(16)15-9-5-4-6-10(8(9)3)19(14,17)18/h4-7,11H,13H2,1-3H3,(H,15,16)(H2,14,17,18)/t11-/m1/s1. The van der Waals surface area contributed by atoms with E-state index in [0.29, 0.717) is 11.3 Å². The lowest BCUT2D eigenvalue weighted by atomic mass is 10.0. The number of carbonyl (C=O) groups is 1. The van der Waals surface area contributed by atoms with Crippen LogP contribution in [0, 0.1) is 12.8 Å². The lowest BCUT2D eigenvalue weighted by Crippen LogP contribution is -2.39. The first-order chi connectivity index (χ1) is 8.64. The Morgan fingerprint density at radius 3 is 2.37 bits per heavy atom. The maximum Gasteiger partial charge on any atom is 0.241 e. The molecule has 0 heterocycles. The lowest BCUT2D eigenvalue weighted by Gasteiger charge is -2.17. The van der Waals surface area contributed by atoms with Crippen molar-refractivity contribution in [3.8, 4) is 0 Å². The zero-order valence-electron chi connectivity index (χ0n) is 11.2. The quantitative estimate of drug-likeness (QED) is 0.749. The van der Waals surface area contributed by atoms with Crippen LogP contribution in [-0.2, 0) is 14.8 Å². The molecular weight excluding hydrogens is 266 g/mol. The molecule has 1 rings (SSSR count). The van der Waals surface area contributed by atoms with E-state index in [9.17, 15) is 13.2 Å². The van der Waals surface area contributed by atoms with Gasteiger partial charge in [-0.25, -0.2) is 13.6 Å². The Kier molecular flexibility index (Phi) is 4.67. The second kappa shape index (κ2) is 5.68. The van der Waals surface area contributed by atoms with Gasteiger partial charge in [-0.15, -0.1) is 0 Å². The summed E-state index contributed by atoms with van der Waals surface area (Å²) in [4.78, 5) is 11.8.